The van der Waals surface area contributed by atoms with E-state index in [9.17, 15) is 4.79 Å². The Morgan fingerprint density at radius 3 is 2.32 bits per heavy atom. The lowest BCUT2D eigenvalue weighted by Gasteiger charge is -2.33. The highest BCUT2D eigenvalue weighted by molar-refractivity contribution is 7.99. The maximum atomic E-state index is 12.7. The molecule has 2 atom stereocenters. The van der Waals surface area contributed by atoms with Gasteiger partial charge in [-0.3, -0.25) is 9.89 Å². The van der Waals surface area contributed by atoms with Gasteiger partial charge in [-0.05, 0) is 33.6 Å². The second-order valence-corrected chi connectivity index (χ2v) is 7.38. The smallest absolute Gasteiger partial charge is 0.233 e. The zero-order chi connectivity index (χ0) is 18.4. The van der Waals surface area contributed by atoms with Crippen LogP contribution in [0.1, 0.15) is 46.1 Å². The summed E-state index contributed by atoms with van der Waals surface area (Å²) in [6, 6.07) is 8.62. The summed E-state index contributed by atoms with van der Waals surface area (Å²) < 4.78 is 0. The molecule has 25 heavy (non-hydrogen) atoms. The second kappa shape index (κ2) is 9.04. The second-order valence-electron chi connectivity index (χ2n) is 6.44. The first-order valence-electron chi connectivity index (χ1n) is 8.89. The molecule has 0 fully saturated rings. The minimum atomic E-state index is 0.149. The average molecular weight is 361 g/mol. The summed E-state index contributed by atoms with van der Waals surface area (Å²) in [6.45, 7) is 10.5. The minimum absolute atomic E-state index is 0.149. The Morgan fingerprint density at radius 1 is 1.16 bits per heavy atom. The quantitative estimate of drug-likeness (QED) is 0.713. The Hall–Kier alpha value is -1.82. The van der Waals surface area contributed by atoms with E-state index in [0.717, 1.165) is 24.2 Å². The van der Waals surface area contributed by atoms with Crippen LogP contribution in [0.5, 0.6) is 0 Å². The first-order valence-corrected chi connectivity index (χ1v) is 9.88. The molecule has 0 bridgehead atoms. The van der Waals surface area contributed by atoms with Crippen LogP contribution in [0, 0.1) is 6.92 Å². The molecule has 0 saturated carbocycles. The number of rotatable bonds is 8. The number of thioether (sulfide) groups is 1. The fraction of sp³-hybridized carbons (Fsp3) is 0.526. The Bertz CT molecular complexity index is 673. The number of H-pyrrole nitrogens is 1. The fourth-order valence-electron chi connectivity index (χ4n) is 2.67. The lowest BCUT2D eigenvalue weighted by Crippen LogP contribution is -2.45. The Labute approximate surface area is 154 Å². The third-order valence-corrected chi connectivity index (χ3v) is 5.37. The molecule has 1 amide bonds. The molecule has 0 aliphatic heterocycles. The van der Waals surface area contributed by atoms with E-state index in [1.165, 1.54) is 17.3 Å². The normalized spacial score (nSPS) is 13.5. The Morgan fingerprint density at radius 2 is 1.76 bits per heavy atom. The number of nitrogens with one attached hydrogen (secondary N) is 1. The van der Waals surface area contributed by atoms with Crippen molar-refractivity contribution < 1.29 is 4.79 Å². The number of benzene rings is 1. The predicted octanol–water partition coefficient (Wildman–Crippen LogP) is 4.30. The molecule has 6 heteroatoms. The monoisotopic (exact) mass is 360 g/mol. The number of aromatic amines is 1. The molecule has 0 unspecified atom stereocenters. The standard InChI is InChI=1S/C19H28N4OS/c1-6-14(4)23(15(5)7-2)17(24)12-25-19-20-18(21-22-19)16-10-8-13(3)9-11-16/h8-11,14-15H,6-7,12H2,1-5H3,(H,20,21,22)/t14-,15-/m0/s1. The minimum Gasteiger partial charge on any atom is -0.337 e. The summed E-state index contributed by atoms with van der Waals surface area (Å²) in [7, 11) is 0. The van der Waals surface area contributed by atoms with Crippen molar-refractivity contribution in [2.24, 2.45) is 0 Å². The van der Waals surface area contributed by atoms with E-state index in [-0.39, 0.29) is 18.0 Å². The number of nitrogens with zero attached hydrogens (tertiary/aromatic N) is 3. The van der Waals surface area contributed by atoms with E-state index in [4.69, 9.17) is 0 Å². The lowest BCUT2D eigenvalue weighted by molar-refractivity contribution is -0.132. The van der Waals surface area contributed by atoms with Gasteiger partial charge >= 0.3 is 0 Å². The number of aromatic nitrogens is 3. The number of amides is 1. The van der Waals surface area contributed by atoms with Gasteiger partial charge in [0.05, 0.1) is 5.75 Å². The third kappa shape index (κ3) is 5.08. The molecule has 1 aromatic carbocycles. The van der Waals surface area contributed by atoms with E-state index in [0.29, 0.717) is 10.9 Å². The van der Waals surface area contributed by atoms with Crippen LogP contribution < -0.4 is 0 Å². The Balaban J connectivity index is 2.00. The van der Waals surface area contributed by atoms with Crippen LogP contribution in [0.25, 0.3) is 11.4 Å². The summed E-state index contributed by atoms with van der Waals surface area (Å²) in [4.78, 5) is 19.2. The zero-order valence-electron chi connectivity index (χ0n) is 15.7. The lowest BCUT2D eigenvalue weighted by atomic mass is 10.1. The Kier molecular flexibility index (Phi) is 7.05. The van der Waals surface area contributed by atoms with Gasteiger partial charge in [0, 0.05) is 17.6 Å². The summed E-state index contributed by atoms with van der Waals surface area (Å²) >= 11 is 1.39. The topological polar surface area (TPSA) is 61.9 Å². The van der Waals surface area contributed by atoms with Gasteiger partial charge in [-0.25, -0.2) is 4.98 Å². The van der Waals surface area contributed by atoms with Crippen LogP contribution >= 0.6 is 11.8 Å². The van der Waals surface area contributed by atoms with Crippen molar-refractivity contribution in [3.63, 3.8) is 0 Å². The number of hydrogen-bond acceptors (Lipinski definition) is 4. The molecule has 1 heterocycles. The maximum absolute atomic E-state index is 12.7. The third-order valence-electron chi connectivity index (χ3n) is 4.53. The number of carbonyl (C=O) groups excluding carboxylic acids is 1. The summed E-state index contributed by atoms with van der Waals surface area (Å²) in [6.07, 6.45) is 1.91. The molecule has 0 aliphatic rings. The first kappa shape index (κ1) is 19.5. The summed E-state index contributed by atoms with van der Waals surface area (Å²) in [5, 5.41) is 7.80. The number of aryl methyl sites for hydroxylation is 1. The van der Waals surface area contributed by atoms with Crippen LogP contribution in [-0.2, 0) is 4.79 Å². The molecule has 1 N–H and O–H groups in total. The summed E-state index contributed by atoms with van der Waals surface area (Å²) in [5.41, 5.74) is 2.20. The molecule has 5 nitrogen and oxygen atoms in total. The van der Waals surface area contributed by atoms with Crippen LogP contribution in [0.2, 0.25) is 0 Å². The van der Waals surface area contributed by atoms with Gasteiger partial charge in [-0.15, -0.1) is 5.10 Å². The highest BCUT2D eigenvalue weighted by Gasteiger charge is 2.23. The van der Waals surface area contributed by atoms with Gasteiger partial charge in [0.1, 0.15) is 0 Å². The van der Waals surface area contributed by atoms with E-state index in [1.54, 1.807) is 0 Å². The number of hydrogen-bond donors (Lipinski definition) is 1. The molecule has 136 valence electrons. The molecule has 2 aromatic rings. The van der Waals surface area contributed by atoms with E-state index in [1.807, 2.05) is 29.2 Å². The van der Waals surface area contributed by atoms with Crippen molar-refractivity contribution in [2.75, 3.05) is 5.75 Å². The van der Waals surface area contributed by atoms with Crippen molar-refractivity contribution >= 4 is 17.7 Å². The van der Waals surface area contributed by atoms with E-state index >= 15 is 0 Å². The fourth-order valence-corrected chi connectivity index (χ4v) is 3.34. The number of carbonyl (C=O) groups is 1. The molecular weight excluding hydrogens is 332 g/mol. The highest BCUT2D eigenvalue weighted by atomic mass is 32.2. The largest absolute Gasteiger partial charge is 0.337 e. The van der Waals surface area contributed by atoms with Crippen molar-refractivity contribution in [2.45, 2.75) is 64.7 Å². The van der Waals surface area contributed by atoms with Crippen molar-refractivity contribution in [1.29, 1.82) is 0 Å². The molecule has 1 aromatic heterocycles. The van der Waals surface area contributed by atoms with Crippen LogP contribution in [0.3, 0.4) is 0 Å². The highest BCUT2D eigenvalue weighted by Crippen LogP contribution is 2.21. The van der Waals surface area contributed by atoms with Gasteiger partial charge in [-0.2, -0.15) is 0 Å². The summed E-state index contributed by atoms with van der Waals surface area (Å²) in [5.74, 6) is 1.24. The van der Waals surface area contributed by atoms with Gasteiger partial charge in [0.2, 0.25) is 11.1 Å². The van der Waals surface area contributed by atoms with E-state index in [2.05, 4.69) is 49.8 Å². The molecule has 0 spiro atoms. The van der Waals surface area contributed by atoms with E-state index < -0.39 is 0 Å². The van der Waals surface area contributed by atoms with Crippen LogP contribution in [0.15, 0.2) is 29.4 Å². The van der Waals surface area contributed by atoms with Crippen molar-refractivity contribution in [3.05, 3.63) is 29.8 Å². The molecule has 0 aliphatic carbocycles. The predicted molar refractivity (Wildman–Crippen MR) is 104 cm³/mol. The SMILES string of the molecule is CC[C@H](C)N(C(=O)CSc1n[nH]c(-c2ccc(C)cc2)n1)[C@@H](C)CC. The molecular formula is C19H28N4OS. The molecule has 0 radical (unpaired) electrons. The van der Waals surface area contributed by atoms with Crippen LogP contribution in [0.4, 0.5) is 0 Å². The van der Waals surface area contributed by atoms with Crippen molar-refractivity contribution in [1.82, 2.24) is 20.1 Å². The molecule has 0 saturated heterocycles. The zero-order valence-corrected chi connectivity index (χ0v) is 16.6. The van der Waals surface area contributed by atoms with Gasteiger partial charge in [0.25, 0.3) is 0 Å². The maximum Gasteiger partial charge on any atom is 0.233 e. The van der Waals surface area contributed by atoms with Crippen LogP contribution in [-0.4, -0.2) is 43.8 Å². The average Bonchev–Trinajstić information content (AvgIpc) is 3.09. The first-order chi connectivity index (χ1) is 12.0. The van der Waals surface area contributed by atoms with Gasteiger partial charge < -0.3 is 4.90 Å². The van der Waals surface area contributed by atoms with Gasteiger partial charge in [0.15, 0.2) is 5.82 Å². The van der Waals surface area contributed by atoms with Gasteiger partial charge in [-0.1, -0.05) is 55.4 Å². The van der Waals surface area contributed by atoms with Crippen molar-refractivity contribution in [3.8, 4) is 11.4 Å². The molecule has 2 rings (SSSR count).